The molecule has 0 spiro atoms. The fourth-order valence-corrected chi connectivity index (χ4v) is 3.08. The van der Waals surface area contributed by atoms with Crippen LogP contribution in [0.4, 0.5) is 8.78 Å². The SMILES string of the molecule is C#CCN(C(=O)c1cc(Cl)cc(C(C)(F)F)c1)C(C)c1ncnn1-c1ncccn1. The molecular formula is C20H17ClF2N6O. The van der Waals surface area contributed by atoms with Gasteiger partial charge in [-0.2, -0.15) is 9.78 Å². The molecule has 30 heavy (non-hydrogen) atoms. The number of carbonyl (C=O) groups is 1. The van der Waals surface area contributed by atoms with Crippen molar-refractivity contribution in [3.05, 3.63) is 65.0 Å². The zero-order chi connectivity index (χ0) is 21.9. The fraction of sp³-hybridized carbons (Fsp3) is 0.250. The summed E-state index contributed by atoms with van der Waals surface area (Å²) in [5.41, 5.74) is -0.379. The normalized spacial score (nSPS) is 12.3. The number of amides is 1. The molecule has 0 radical (unpaired) electrons. The number of carbonyl (C=O) groups excluding carboxylic acids is 1. The van der Waals surface area contributed by atoms with Crippen LogP contribution in [0.15, 0.2) is 43.0 Å². The van der Waals surface area contributed by atoms with Crippen LogP contribution in [0, 0.1) is 12.3 Å². The number of rotatable bonds is 6. The molecule has 7 nitrogen and oxygen atoms in total. The maximum Gasteiger partial charge on any atom is 0.270 e. The second-order valence-electron chi connectivity index (χ2n) is 6.51. The van der Waals surface area contributed by atoms with Crippen LogP contribution >= 0.6 is 11.6 Å². The van der Waals surface area contributed by atoms with Gasteiger partial charge in [0.05, 0.1) is 12.6 Å². The number of hydrogen-bond acceptors (Lipinski definition) is 5. The average Bonchev–Trinajstić information content (AvgIpc) is 3.20. The Labute approximate surface area is 176 Å². The van der Waals surface area contributed by atoms with Crippen molar-refractivity contribution in [3.8, 4) is 18.3 Å². The van der Waals surface area contributed by atoms with Crippen LogP contribution in [-0.2, 0) is 5.92 Å². The molecule has 0 aliphatic carbocycles. The van der Waals surface area contributed by atoms with Crippen LogP contribution in [0.5, 0.6) is 0 Å². The van der Waals surface area contributed by atoms with Crippen molar-refractivity contribution in [2.75, 3.05) is 6.54 Å². The van der Waals surface area contributed by atoms with Crippen LogP contribution < -0.4 is 0 Å². The lowest BCUT2D eigenvalue weighted by Crippen LogP contribution is -2.35. The van der Waals surface area contributed by atoms with Gasteiger partial charge >= 0.3 is 0 Å². The number of halogens is 3. The van der Waals surface area contributed by atoms with E-state index in [4.69, 9.17) is 18.0 Å². The third-order valence-electron chi connectivity index (χ3n) is 4.33. The quantitative estimate of drug-likeness (QED) is 0.558. The molecule has 0 saturated carbocycles. The van der Waals surface area contributed by atoms with Gasteiger partial charge in [-0.15, -0.1) is 6.42 Å². The van der Waals surface area contributed by atoms with Crippen molar-refractivity contribution >= 4 is 17.5 Å². The van der Waals surface area contributed by atoms with Crippen LogP contribution in [0.2, 0.25) is 5.02 Å². The van der Waals surface area contributed by atoms with Gasteiger partial charge in [0.25, 0.3) is 17.8 Å². The first-order valence-electron chi connectivity index (χ1n) is 8.83. The predicted molar refractivity (Wildman–Crippen MR) is 106 cm³/mol. The molecule has 154 valence electrons. The third-order valence-corrected chi connectivity index (χ3v) is 4.55. The summed E-state index contributed by atoms with van der Waals surface area (Å²) in [5, 5.41) is 4.13. The van der Waals surface area contributed by atoms with Crippen molar-refractivity contribution in [1.29, 1.82) is 0 Å². The summed E-state index contributed by atoms with van der Waals surface area (Å²) in [6.45, 7) is 2.34. The molecule has 10 heteroatoms. The molecule has 1 unspecified atom stereocenters. The van der Waals surface area contributed by atoms with Gasteiger partial charge in [-0.3, -0.25) is 4.79 Å². The monoisotopic (exact) mass is 430 g/mol. The van der Waals surface area contributed by atoms with Gasteiger partial charge in [0.1, 0.15) is 6.33 Å². The van der Waals surface area contributed by atoms with Gasteiger partial charge in [-0.25, -0.2) is 23.7 Å². The number of hydrogen-bond donors (Lipinski definition) is 0. The molecule has 3 rings (SSSR count). The van der Waals surface area contributed by atoms with Crippen LogP contribution in [-0.4, -0.2) is 42.1 Å². The first kappa shape index (κ1) is 21.3. The molecule has 1 amide bonds. The first-order chi connectivity index (χ1) is 14.2. The summed E-state index contributed by atoms with van der Waals surface area (Å²) in [6, 6.07) is 4.54. The Hall–Kier alpha value is -3.38. The minimum Gasteiger partial charge on any atom is -0.318 e. The zero-order valence-electron chi connectivity index (χ0n) is 16.1. The maximum absolute atomic E-state index is 13.8. The standard InChI is InChI=1S/C20H17ClF2N6O/c1-4-8-28(18(30)14-9-15(20(3,22)23)11-16(21)10-14)13(2)17-26-12-27-29(17)19-24-6-5-7-25-19/h1,5-7,9-13H,8H2,2-3H3. The molecule has 0 fully saturated rings. The Bertz CT molecular complexity index is 1090. The second-order valence-corrected chi connectivity index (χ2v) is 6.95. The number of nitrogens with zero attached hydrogens (tertiary/aromatic N) is 6. The van der Waals surface area contributed by atoms with Crippen molar-refractivity contribution < 1.29 is 13.6 Å². The average molecular weight is 431 g/mol. The first-order valence-corrected chi connectivity index (χ1v) is 9.20. The summed E-state index contributed by atoms with van der Waals surface area (Å²) in [7, 11) is 0. The van der Waals surface area contributed by atoms with Crippen LogP contribution in [0.3, 0.4) is 0 Å². The fourth-order valence-electron chi connectivity index (χ4n) is 2.84. The molecule has 0 aliphatic heterocycles. The molecule has 0 aliphatic rings. The molecule has 0 N–H and O–H groups in total. The molecule has 2 aromatic heterocycles. The summed E-state index contributed by atoms with van der Waals surface area (Å²) in [5.74, 6) is -0.697. The minimum absolute atomic E-state index is 0.0110. The van der Waals surface area contributed by atoms with E-state index in [1.165, 1.54) is 22.0 Å². The summed E-state index contributed by atoms with van der Waals surface area (Å²) >= 11 is 5.98. The highest BCUT2D eigenvalue weighted by Gasteiger charge is 2.30. The van der Waals surface area contributed by atoms with Crippen LogP contribution in [0.25, 0.3) is 5.95 Å². The lowest BCUT2D eigenvalue weighted by Gasteiger charge is -2.27. The van der Waals surface area contributed by atoms with E-state index in [0.29, 0.717) is 5.82 Å². The van der Waals surface area contributed by atoms with Crippen molar-refractivity contribution in [3.63, 3.8) is 0 Å². The Balaban J connectivity index is 2.00. The predicted octanol–water partition coefficient (Wildman–Crippen LogP) is 3.66. The van der Waals surface area contributed by atoms with E-state index < -0.39 is 17.9 Å². The molecule has 2 heterocycles. The summed E-state index contributed by atoms with van der Waals surface area (Å²) < 4.78 is 29.0. The topological polar surface area (TPSA) is 76.8 Å². The van der Waals surface area contributed by atoms with Gasteiger partial charge in [-0.1, -0.05) is 17.5 Å². The van der Waals surface area contributed by atoms with Gasteiger partial charge in [0.15, 0.2) is 5.82 Å². The lowest BCUT2D eigenvalue weighted by atomic mass is 10.0. The zero-order valence-corrected chi connectivity index (χ0v) is 16.9. The molecule has 1 atom stereocenters. The Morgan fingerprint density at radius 3 is 2.63 bits per heavy atom. The molecule has 1 aromatic carbocycles. The number of alkyl halides is 2. The van der Waals surface area contributed by atoms with E-state index in [1.54, 1.807) is 25.4 Å². The summed E-state index contributed by atoms with van der Waals surface area (Å²) in [4.78, 5) is 27.0. The van der Waals surface area contributed by atoms with E-state index in [9.17, 15) is 13.6 Å². The molecule has 3 aromatic rings. The van der Waals surface area contributed by atoms with Gasteiger partial charge < -0.3 is 4.90 Å². The van der Waals surface area contributed by atoms with Gasteiger partial charge in [0, 0.05) is 35.5 Å². The van der Waals surface area contributed by atoms with E-state index >= 15 is 0 Å². The van der Waals surface area contributed by atoms with E-state index in [1.807, 2.05) is 0 Å². The smallest absolute Gasteiger partial charge is 0.270 e. The highest BCUT2D eigenvalue weighted by molar-refractivity contribution is 6.31. The number of aromatic nitrogens is 5. The van der Waals surface area contributed by atoms with Crippen LogP contribution in [0.1, 0.15) is 41.6 Å². The molecule has 0 saturated heterocycles. The number of benzene rings is 1. The van der Waals surface area contributed by atoms with Crippen molar-refractivity contribution in [1.82, 2.24) is 29.6 Å². The molecular weight excluding hydrogens is 414 g/mol. The van der Waals surface area contributed by atoms with Gasteiger partial charge in [0.2, 0.25) is 0 Å². The summed E-state index contributed by atoms with van der Waals surface area (Å²) in [6.07, 6.45) is 9.84. The Morgan fingerprint density at radius 1 is 1.30 bits per heavy atom. The lowest BCUT2D eigenvalue weighted by molar-refractivity contribution is 0.0174. The van der Waals surface area contributed by atoms with E-state index in [0.717, 1.165) is 19.1 Å². The van der Waals surface area contributed by atoms with Crippen molar-refractivity contribution in [2.24, 2.45) is 0 Å². The van der Waals surface area contributed by atoms with E-state index in [-0.39, 0.29) is 28.6 Å². The Kier molecular flexibility index (Phi) is 6.08. The van der Waals surface area contributed by atoms with E-state index in [2.05, 4.69) is 26.0 Å². The highest BCUT2D eigenvalue weighted by Crippen LogP contribution is 2.31. The highest BCUT2D eigenvalue weighted by atomic mass is 35.5. The number of terminal acetylenes is 1. The maximum atomic E-state index is 13.8. The Morgan fingerprint density at radius 2 is 2.00 bits per heavy atom. The second kappa shape index (κ2) is 8.55. The minimum atomic E-state index is -3.16. The third kappa shape index (κ3) is 4.44. The van der Waals surface area contributed by atoms with Gasteiger partial charge in [-0.05, 0) is 31.2 Å². The largest absolute Gasteiger partial charge is 0.318 e. The molecule has 0 bridgehead atoms. The van der Waals surface area contributed by atoms with Crippen molar-refractivity contribution in [2.45, 2.75) is 25.8 Å².